The van der Waals surface area contributed by atoms with Crippen molar-refractivity contribution in [3.63, 3.8) is 0 Å². The maximum Gasteiger partial charge on any atom is 0.273 e. The van der Waals surface area contributed by atoms with Crippen LogP contribution in [-0.4, -0.2) is 41.9 Å². The lowest BCUT2D eigenvalue weighted by atomic mass is 9.85. The molecule has 6 heteroatoms. The third-order valence-corrected chi connectivity index (χ3v) is 4.44. The van der Waals surface area contributed by atoms with E-state index < -0.39 is 4.92 Å². The van der Waals surface area contributed by atoms with Gasteiger partial charge in [-0.05, 0) is 31.4 Å². The van der Waals surface area contributed by atoms with Crippen molar-refractivity contribution in [1.29, 1.82) is 0 Å². The van der Waals surface area contributed by atoms with Gasteiger partial charge in [0.1, 0.15) is 0 Å². The number of carbonyl (C=O) groups is 1. The quantitative estimate of drug-likeness (QED) is 0.686. The van der Waals surface area contributed by atoms with Gasteiger partial charge in [0.25, 0.3) is 11.6 Å². The number of piperidine rings is 1. The highest BCUT2D eigenvalue weighted by Gasteiger charge is 2.28. The third kappa shape index (κ3) is 3.88. The van der Waals surface area contributed by atoms with Crippen molar-refractivity contribution in [2.24, 2.45) is 0 Å². The molecule has 1 heterocycles. The molecule has 0 bridgehead atoms. The van der Waals surface area contributed by atoms with Crippen molar-refractivity contribution in [1.82, 2.24) is 10.2 Å². The number of likely N-dealkylation sites (tertiary alicyclic amines) is 1. The van der Waals surface area contributed by atoms with Crippen molar-refractivity contribution in [2.75, 3.05) is 20.1 Å². The molecule has 0 spiro atoms. The van der Waals surface area contributed by atoms with Crippen molar-refractivity contribution in [3.8, 4) is 0 Å². The molecular weight excluding hydrogens is 294 g/mol. The summed E-state index contributed by atoms with van der Waals surface area (Å²) in [5.41, 5.74) is 0.726. The number of nitrogens with one attached hydrogen (secondary N) is 1. The predicted octanol–water partition coefficient (Wildman–Crippen LogP) is 2.72. The molecule has 6 nitrogen and oxygen atoms in total. The topological polar surface area (TPSA) is 75.5 Å². The fourth-order valence-electron chi connectivity index (χ4n) is 3.00. The summed E-state index contributed by atoms with van der Waals surface area (Å²) in [6, 6.07) is 5.29. The first-order chi connectivity index (χ1) is 10.7. The van der Waals surface area contributed by atoms with Gasteiger partial charge in [-0.3, -0.25) is 14.9 Å². The summed E-state index contributed by atoms with van der Waals surface area (Å²) in [6.45, 7) is 7.15. The Morgan fingerprint density at radius 2 is 1.91 bits per heavy atom. The Morgan fingerprint density at radius 3 is 2.39 bits per heavy atom. The summed E-state index contributed by atoms with van der Waals surface area (Å²) < 4.78 is 0. The summed E-state index contributed by atoms with van der Waals surface area (Å²) in [7, 11) is 1.93. The van der Waals surface area contributed by atoms with E-state index in [9.17, 15) is 14.9 Å². The van der Waals surface area contributed by atoms with Crippen molar-refractivity contribution in [3.05, 3.63) is 39.4 Å². The minimum absolute atomic E-state index is 0.0217. The number of hydrogen-bond donors (Lipinski definition) is 1. The van der Waals surface area contributed by atoms with Crippen LogP contribution in [0.3, 0.4) is 0 Å². The number of benzene rings is 1. The Labute approximate surface area is 137 Å². The zero-order valence-corrected chi connectivity index (χ0v) is 14.3. The highest BCUT2D eigenvalue weighted by atomic mass is 16.6. The van der Waals surface area contributed by atoms with Gasteiger partial charge in [-0.25, -0.2) is 0 Å². The van der Waals surface area contributed by atoms with Gasteiger partial charge in [0.15, 0.2) is 0 Å². The predicted molar refractivity (Wildman–Crippen MR) is 89.8 cm³/mol. The van der Waals surface area contributed by atoms with E-state index in [1.54, 1.807) is 17.0 Å². The van der Waals surface area contributed by atoms with E-state index in [1.807, 2.05) is 27.8 Å². The van der Waals surface area contributed by atoms with Gasteiger partial charge in [-0.15, -0.1) is 0 Å². The van der Waals surface area contributed by atoms with Crippen LogP contribution in [-0.2, 0) is 5.41 Å². The lowest BCUT2D eigenvalue weighted by molar-refractivity contribution is -0.386. The molecule has 0 unspecified atom stereocenters. The molecule has 23 heavy (non-hydrogen) atoms. The zero-order valence-electron chi connectivity index (χ0n) is 14.3. The molecule has 0 aromatic heterocycles. The fourth-order valence-corrected chi connectivity index (χ4v) is 3.00. The average molecular weight is 319 g/mol. The van der Waals surface area contributed by atoms with E-state index in [1.165, 1.54) is 6.07 Å². The summed E-state index contributed by atoms with van der Waals surface area (Å²) >= 11 is 0. The number of nitro benzene ring substituents is 1. The fraction of sp³-hybridized carbons (Fsp3) is 0.588. The molecule has 1 aromatic carbocycles. The summed E-state index contributed by atoms with van der Waals surface area (Å²) in [5.74, 6) is -0.122. The monoisotopic (exact) mass is 319 g/mol. The third-order valence-electron chi connectivity index (χ3n) is 4.44. The van der Waals surface area contributed by atoms with Crippen LogP contribution in [0.4, 0.5) is 5.69 Å². The molecule has 1 N–H and O–H groups in total. The zero-order chi connectivity index (χ0) is 17.2. The van der Waals surface area contributed by atoms with Gasteiger partial charge >= 0.3 is 0 Å². The highest BCUT2D eigenvalue weighted by molar-refractivity contribution is 5.95. The molecule has 2 rings (SSSR count). The Bertz CT molecular complexity index is 600. The van der Waals surface area contributed by atoms with E-state index in [-0.39, 0.29) is 17.0 Å². The molecule has 0 radical (unpaired) electrons. The molecule has 1 fully saturated rings. The molecule has 1 aliphatic rings. The van der Waals surface area contributed by atoms with Crippen LogP contribution in [0.5, 0.6) is 0 Å². The maximum absolute atomic E-state index is 12.6. The Hall–Kier alpha value is -1.95. The SMILES string of the molecule is CNC1CCN(C(=O)c2ccc(C(C)(C)C)c([N+](=O)[O-])c2)CC1. The molecular formula is C17H25N3O3. The average Bonchev–Trinajstić information content (AvgIpc) is 2.52. The van der Waals surface area contributed by atoms with Crippen LogP contribution in [0.1, 0.15) is 49.5 Å². The van der Waals surface area contributed by atoms with Gasteiger partial charge in [0, 0.05) is 36.3 Å². The van der Waals surface area contributed by atoms with Crippen LogP contribution in [0.15, 0.2) is 18.2 Å². The molecule has 0 aliphatic carbocycles. The largest absolute Gasteiger partial charge is 0.339 e. The smallest absolute Gasteiger partial charge is 0.273 e. The summed E-state index contributed by atoms with van der Waals surface area (Å²) in [5, 5.41) is 14.6. The number of carbonyl (C=O) groups excluding carboxylic acids is 1. The van der Waals surface area contributed by atoms with E-state index in [4.69, 9.17) is 0 Å². The second-order valence-electron chi connectivity index (χ2n) is 7.09. The first-order valence-electron chi connectivity index (χ1n) is 7.99. The number of nitrogens with zero attached hydrogens (tertiary/aromatic N) is 2. The van der Waals surface area contributed by atoms with Crippen molar-refractivity contribution in [2.45, 2.75) is 45.1 Å². The van der Waals surface area contributed by atoms with Gasteiger partial charge in [-0.1, -0.05) is 26.8 Å². The van der Waals surface area contributed by atoms with Crippen molar-refractivity contribution >= 4 is 11.6 Å². The minimum Gasteiger partial charge on any atom is -0.339 e. The van der Waals surface area contributed by atoms with Crippen LogP contribution < -0.4 is 5.32 Å². The summed E-state index contributed by atoms with van der Waals surface area (Å²) in [4.78, 5) is 25.4. The van der Waals surface area contributed by atoms with Gasteiger partial charge in [0.2, 0.25) is 0 Å². The van der Waals surface area contributed by atoms with Crippen molar-refractivity contribution < 1.29 is 9.72 Å². The number of amides is 1. The number of rotatable bonds is 3. The second kappa shape index (κ2) is 6.66. The highest BCUT2D eigenvalue weighted by Crippen LogP contribution is 2.32. The van der Waals surface area contributed by atoms with Crippen LogP contribution in [0.25, 0.3) is 0 Å². The molecule has 1 saturated heterocycles. The molecule has 1 aliphatic heterocycles. The summed E-state index contributed by atoms with van der Waals surface area (Å²) in [6.07, 6.45) is 1.81. The van der Waals surface area contributed by atoms with Crippen LogP contribution in [0, 0.1) is 10.1 Å². The molecule has 0 saturated carbocycles. The number of nitro groups is 1. The lowest BCUT2D eigenvalue weighted by Gasteiger charge is -2.32. The Balaban J connectivity index is 2.25. The molecule has 0 atom stereocenters. The van der Waals surface area contributed by atoms with E-state index in [2.05, 4.69) is 5.32 Å². The normalized spacial score (nSPS) is 16.4. The minimum atomic E-state index is -0.398. The first-order valence-corrected chi connectivity index (χ1v) is 7.99. The standard InChI is InChI=1S/C17H25N3O3/c1-17(2,3)14-6-5-12(11-15(14)20(22)23)16(21)19-9-7-13(18-4)8-10-19/h5-6,11,13,18H,7-10H2,1-4H3. The van der Waals surface area contributed by atoms with E-state index >= 15 is 0 Å². The Kier molecular flexibility index (Phi) is 5.04. The number of hydrogen-bond acceptors (Lipinski definition) is 4. The van der Waals surface area contributed by atoms with E-state index in [0.29, 0.717) is 30.3 Å². The second-order valence-corrected chi connectivity index (χ2v) is 7.09. The molecule has 1 amide bonds. The van der Waals surface area contributed by atoms with Gasteiger partial charge in [-0.2, -0.15) is 0 Å². The first kappa shape index (κ1) is 17.4. The van der Waals surface area contributed by atoms with Gasteiger partial charge in [0.05, 0.1) is 4.92 Å². The Morgan fingerprint density at radius 1 is 1.30 bits per heavy atom. The van der Waals surface area contributed by atoms with Crippen LogP contribution in [0.2, 0.25) is 0 Å². The van der Waals surface area contributed by atoms with E-state index in [0.717, 1.165) is 12.8 Å². The molecule has 126 valence electrons. The lowest BCUT2D eigenvalue weighted by Crippen LogP contribution is -2.44. The maximum atomic E-state index is 12.6. The molecule has 1 aromatic rings. The van der Waals surface area contributed by atoms with Crippen LogP contribution >= 0.6 is 0 Å². The van der Waals surface area contributed by atoms with Gasteiger partial charge < -0.3 is 10.2 Å².